The van der Waals surface area contributed by atoms with E-state index < -0.39 is 12.1 Å². The second-order valence-corrected chi connectivity index (χ2v) is 8.14. The summed E-state index contributed by atoms with van der Waals surface area (Å²) in [5.74, 6) is -0.698. The van der Waals surface area contributed by atoms with Gasteiger partial charge in [-0.2, -0.15) is 0 Å². The molecule has 1 N–H and O–H groups in total. The van der Waals surface area contributed by atoms with Gasteiger partial charge in [0.25, 0.3) is 0 Å². The van der Waals surface area contributed by atoms with Crippen LogP contribution in [0.15, 0.2) is 30.3 Å². The Balaban J connectivity index is 2.80. The molecule has 0 aromatic heterocycles. The number of carbonyl (C=O) groups is 2. The van der Waals surface area contributed by atoms with Crippen LogP contribution in [0.1, 0.15) is 68.1 Å². The minimum absolute atomic E-state index is 0.160. The molecule has 5 nitrogen and oxygen atoms in total. The SMILES string of the molecule is CCCc1ccc(C(=O)O)c(-c2cc(C(C)(C)C)cc(C)c2OC(=O)OCC)c1. The molecule has 0 aliphatic rings. The molecule has 0 bridgehead atoms. The standard InChI is InChI=1S/C24H30O5/c1-7-9-16-10-11-18(22(25)26)19(13-16)20-14-17(24(4,5)6)12-15(3)21(20)29-23(27)28-8-2/h10-14H,7-9H2,1-6H3,(H,25,26). The molecule has 0 radical (unpaired) electrons. The highest BCUT2D eigenvalue weighted by Gasteiger charge is 2.24. The summed E-state index contributed by atoms with van der Waals surface area (Å²) in [6.45, 7) is 12.1. The smallest absolute Gasteiger partial charge is 0.478 e. The third-order valence-electron chi connectivity index (χ3n) is 4.73. The number of rotatable bonds is 6. The van der Waals surface area contributed by atoms with Gasteiger partial charge in [-0.15, -0.1) is 0 Å². The number of carbonyl (C=O) groups excluding carboxylic acids is 1. The molecule has 0 unspecified atom stereocenters. The molecule has 0 aliphatic carbocycles. The highest BCUT2D eigenvalue weighted by atomic mass is 16.7. The average molecular weight is 398 g/mol. The maximum absolute atomic E-state index is 12.1. The Morgan fingerprint density at radius 2 is 1.72 bits per heavy atom. The fourth-order valence-corrected chi connectivity index (χ4v) is 3.22. The van der Waals surface area contributed by atoms with E-state index in [4.69, 9.17) is 9.47 Å². The predicted molar refractivity (Wildman–Crippen MR) is 114 cm³/mol. The summed E-state index contributed by atoms with van der Waals surface area (Å²) in [6, 6.07) is 9.22. The van der Waals surface area contributed by atoms with E-state index in [0.29, 0.717) is 16.9 Å². The van der Waals surface area contributed by atoms with Crippen molar-refractivity contribution in [1.29, 1.82) is 0 Å². The normalized spacial score (nSPS) is 11.2. The molecule has 2 aromatic carbocycles. The fourth-order valence-electron chi connectivity index (χ4n) is 3.22. The number of hydrogen-bond acceptors (Lipinski definition) is 4. The molecule has 0 amide bonds. The molecule has 29 heavy (non-hydrogen) atoms. The average Bonchev–Trinajstić information content (AvgIpc) is 2.62. The van der Waals surface area contributed by atoms with Crippen LogP contribution >= 0.6 is 0 Å². The zero-order chi connectivity index (χ0) is 21.8. The van der Waals surface area contributed by atoms with Crippen LogP contribution in [0, 0.1) is 6.92 Å². The van der Waals surface area contributed by atoms with Crippen molar-refractivity contribution in [2.24, 2.45) is 0 Å². The Kier molecular flexibility index (Phi) is 7.07. The number of benzene rings is 2. The summed E-state index contributed by atoms with van der Waals surface area (Å²) >= 11 is 0. The molecule has 5 heteroatoms. The second kappa shape index (κ2) is 9.12. The number of aromatic carboxylic acids is 1. The van der Waals surface area contributed by atoms with Gasteiger partial charge in [0.2, 0.25) is 0 Å². The van der Waals surface area contributed by atoms with Gasteiger partial charge in [-0.25, -0.2) is 9.59 Å². The molecule has 0 saturated carbocycles. The van der Waals surface area contributed by atoms with Gasteiger partial charge < -0.3 is 14.6 Å². The first-order valence-corrected chi connectivity index (χ1v) is 9.94. The van der Waals surface area contributed by atoms with E-state index in [0.717, 1.165) is 29.5 Å². The van der Waals surface area contributed by atoms with Gasteiger partial charge in [-0.05, 0) is 54.5 Å². The lowest BCUT2D eigenvalue weighted by molar-refractivity contribution is 0.0697. The first-order valence-electron chi connectivity index (χ1n) is 9.94. The predicted octanol–water partition coefficient (Wildman–Crippen LogP) is 6.15. The Morgan fingerprint density at radius 3 is 2.28 bits per heavy atom. The largest absolute Gasteiger partial charge is 0.513 e. The lowest BCUT2D eigenvalue weighted by atomic mass is 9.83. The first-order chi connectivity index (χ1) is 13.6. The van der Waals surface area contributed by atoms with E-state index >= 15 is 0 Å². The summed E-state index contributed by atoms with van der Waals surface area (Å²) in [7, 11) is 0. The highest BCUT2D eigenvalue weighted by Crippen LogP contribution is 2.40. The van der Waals surface area contributed by atoms with Crippen molar-refractivity contribution in [2.75, 3.05) is 6.61 Å². The minimum atomic E-state index is -1.02. The van der Waals surface area contributed by atoms with E-state index in [-0.39, 0.29) is 17.6 Å². The molecule has 0 fully saturated rings. The van der Waals surface area contributed by atoms with Crippen LogP contribution in [-0.2, 0) is 16.6 Å². The summed E-state index contributed by atoms with van der Waals surface area (Å²) in [5.41, 5.74) is 3.94. The number of hydrogen-bond donors (Lipinski definition) is 1. The molecule has 0 saturated heterocycles. The van der Waals surface area contributed by atoms with Crippen LogP contribution in [-0.4, -0.2) is 23.8 Å². The van der Waals surface area contributed by atoms with Gasteiger partial charge in [-0.3, -0.25) is 0 Å². The number of carboxylic acids is 1. The van der Waals surface area contributed by atoms with Crippen molar-refractivity contribution >= 4 is 12.1 Å². The van der Waals surface area contributed by atoms with E-state index in [1.54, 1.807) is 13.0 Å². The van der Waals surface area contributed by atoms with Crippen LogP contribution in [0.4, 0.5) is 4.79 Å². The lowest BCUT2D eigenvalue weighted by Gasteiger charge is -2.23. The highest BCUT2D eigenvalue weighted by molar-refractivity contribution is 5.97. The van der Waals surface area contributed by atoms with Gasteiger partial charge in [0.15, 0.2) is 0 Å². The third kappa shape index (κ3) is 5.37. The quantitative estimate of drug-likeness (QED) is 0.467. The topological polar surface area (TPSA) is 72.8 Å². The molecule has 0 aliphatic heterocycles. The van der Waals surface area contributed by atoms with Crippen molar-refractivity contribution in [3.05, 3.63) is 52.6 Å². The van der Waals surface area contributed by atoms with Gasteiger partial charge in [0.05, 0.1) is 12.2 Å². The monoisotopic (exact) mass is 398 g/mol. The van der Waals surface area contributed by atoms with Crippen molar-refractivity contribution in [2.45, 2.75) is 59.8 Å². The summed E-state index contributed by atoms with van der Waals surface area (Å²) in [6.07, 6.45) is 0.972. The number of ether oxygens (including phenoxy) is 2. The number of carboxylic acid groups (broad SMARTS) is 1. The maximum atomic E-state index is 12.1. The third-order valence-corrected chi connectivity index (χ3v) is 4.73. The molecule has 2 aromatic rings. The van der Waals surface area contributed by atoms with E-state index in [9.17, 15) is 14.7 Å². The summed E-state index contributed by atoms with van der Waals surface area (Å²) in [4.78, 5) is 24.0. The van der Waals surface area contributed by atoms with Gasteiger partial charge in [-0.1, -0.05) is 52.3 Å². The maximum Gasteiger partial charge on any atom is 0.513 e. The van der Waals surface area contributed by atoms with E-state index in [1.165, 1.54) is 0 Å². The molecule has 2 rings (SSSR count). The zero-order valence-corrected chi connectivity index (χ0v) is 18.1. The van der Waals surface area contributed by atoms with Gasteiger partial charge >= 0.3 is 12.1 Å². The van der Waals surface area contributed by atoms with Gasteiger partial charge in [0, 0.05) is 11.1 Å². The molecule has 0 spiro atoms. The molecular formula is C24H30O5. The number of aryl methyl sites for hydroxylation is 2. The molecule has 0 atom stereocenters. The van der Waals surface area contributed by atoms with E-state index in [2.05, 4.69) is 27.7 Å². The van der Waals surface area contributed by atoms with Crippen molar-refractivity contribution in [1.82, 2.24) is 0 Å². The molecular weight excluding hydrogens is 368 g/mol. The van der Waals surface area contributed by atoms with E-state index in [1.807, 2.05) is 31.2 Å². The van der Waals surface area contributed by atoms with Crippen LogP contribution in [0.25, 0.3) is 11.1 Å². The van der Waals surface area contributed by atoms with Crippen LogP contribution in [0.3, 0.4) is 0 Å². The Morgan fingerprint density at radius 1 is 1.03 bits per heavy atom. The zero-order valence-electron chi connectivity index (χ0n) is 18.1. The summed E-state index contributed by atoms with van der Waals surface area (Å²) < 4.78 is 10.5. The fraction of sp³-hybridized carbons (Fsp3) is 0.417. The van der Waals surface area contributed by atoms with Crippen LogP contribution in [0.2, 0.25) is 0 Å². The van der Waals surface area contributed by atoms with Crippen LogP contribution < -0.4 is 4.74 Å². The molecule has 0 heterocycles. The molecule has 156 valence electrons. The lowest BCUT2D eigenvalue weighted by Crippen LogP contribution is -2.15. The van der Waals surface area contributed by atoms with Crippen LogP contribution in [0.5, 0.6) is 5.75 Å². The Labute approximate surface area is 172 Å². The Hall–Kier alpha value is -2.82. The minimum Gasteiger partial charge on any atom is -0.478 e. The summed E-state index contributed by atoms with van der Waals surface area (Å²) in [5, 5.41) is 9.77. The second-order valence-electron chi connectivity index (χ2n) is 8.14. The Bertz CT molecular complexity index is 906. The van der Waals surface area contributed by atoms with Crippen molar-refractivity contribution in [3.8, 4) is 16.9 Å². The van der Waals surface area contributed by atoms with Gasteiger partial charge in [0.1, 0.15) is 5.75 Å². The van der Waals surface area contributed by atoms with Crippen molar-refractivity contribution in [3.63, 3.8) is 0 Å². The first kappa shape index (κ1) is 22.5. The van der Waals surface area contributed by atoms with Crippen molar-refractivity contribution < 1.29 is 24.2 Å².